The van der Waals surface area contributed by atoms with Crippen molar-refractivity contribution in [2.45, 2.75) is 20.3 Å². The number of likely N-dealkylation sites (N-methyl/N-ethyl adjacent to an activating group) is 1. The summed E-state index contributed by atoms with van der Waals surface area (Å²) < 4.78 is 4.48. The van der Waals surface area contributed by atoms with Crippen LogP contribution in [0, 0.1) is 0 Å². The Morgan fingerprint density at radius 1 is 1.44 bits per heavy atom. The molecule has 0 atom stereocenters. The summed E-state index contributed by atoms with van der Waals surface area (Å²) in [6.07, 6.45) is 1.92. The molecule has 0 radical (unpaired) electrons. The number of hydrogen-bond donors (Lipinski definition) is 1. The van der Waals surface area contributed by atoms with Crippen LogP contribution in [-0.2, 0) is 11.2 Å². The lowest BCUT2D eigenvalue weighted by Gasteiger charge is -2.17. The lowest BCUT2D eigenvalue weighted by atomic mass is 10.3. The monoisotopic (exact) mass is 253 g/mol. The number of hydrogen-bond acceptors (Lipinski definition) is 5. The number of nitrogens with one attached hydrogen (secondary N) is 1. The van der Waals surface area contributed by atoms with Gasteiger partial charge >= 0.3 is 5.97 Å². The summed E-state index contributed by atoms with van der Waals surface area (Å²) in [7, 11) is 1.23. The van der Waals surface area contributed by atoms with Gasteiger partial charge in [0.1, 0.15) is 11.4 Å². The molecule has 1 aromatic heterocycles. The Hall–Kier alpha value is -1.69. The van der Waals surface area contributed by atoms with Crippen LogP contribution in [0.25, 0.3) is 0 Å². The maximum absolute atomic E-state index is 11.6. The smallest absolute Gasteiger partial charge is 0.345 e. The van der Waals surface area contributed by atoms with E-state index in [0.717, 1.165) is 19.6 Å². The van der Waals surface area contributed by atoms with Gasteiger partial charge in [-0.15, -0.1) is 0 Å². The SMILES string of the molecule is CCN(CC)CCc1ncc(C(=O)OC)c(=O)[nH]1. The molecule has 0 aliphatic carbocycles. The average molecular weight is 253 g/mol. The van der Waals surface area contributed by atoms with Crippen LogP contribution in [0.2, 0.25) is 0 Å². The molecule has 18 heavy (non-hydrogen) atoms. The Kier molecular flexibility index (Phi) is 5.51. The Morgan fingerprint density at radius 2 is 2.11 bits per heavy atom. The second-order valence-electron chi connectivity index (χ2n) is 3.84. The largest absolute Gasteiger partial charge is 0.465 e. The summed E-state index contributed by atoms with van der Waals surface area (Å²) in [5, 5.41) is 0. The van der Waals surface area contributed by atoms with E-state index in [4.69, 9.17) is 0 Å². The van der Waals surface area contributed by atoms with Crippen molar-refractivity contribution in [3.05, 3.63) is 27.9 Å². The minimum atomic E-state index is -0.668. The van der Waals surface area contributed by atoms with Gasteiger partial charge in [0.15, 0.2) is 0 Å². The molecule has 0 amide bonds. The van der Waals surface area contributed by atoms with Gasteiger partial charge in [-0.05, 0) is 13.1 Å². The Bertz CT molecular complexity index is 452. The minimum absolute atomic E-state index is 0.0657. The highest BCUT2D eigenvalue weighted by atomic mass is 16.5. The summed E-state index contributed by atoms with van der Waals surface area (Å²) in [6.45, 7) is 6.91. The zero-order valence-corrected chi connectivity index (χ0v) is 11.0. The molecule has 1 heterocycles. The van der Waals surface area contributed by atoms with Crippen molar-refractivity contribution in [1.29, 1.82) is 0 Å². The number of carbonyl (C=O) groups excluding carboxylic acids is 1. The van der Waals surface area contributed by atoms with Gasteiger partial charge in [0.05, 0.1) is 7.11 Å². The first-order valence-corrected chi connectivity index (χ1v) is 6.01. The maximum atomic E-state index is 11.6. The van der Waals surface area contributed by atoms with E-state index in [-0.39, 0.29) is 5.56 Å². The number of esters is 1. The quantitative estimate of drug-likeness (QED) is 0.745. The standard InChI is InChI=1S/C12H19N3O3/c1-4-15(5-2)7-6-10-13-8-9(11(16)14-10)12(17)18-3/h8H,4-7H2,1-3H3,(H,13,14,16). The molecule has 0 saturated heterocycles. The average Bonchev–Trinajstić information content (AvgIpc) is 2.39. The Labute approximate surface area is 106 Å². The molecule has 0 aliphatic rings. The Morgan fingerprint density at radius 3 is 2.61 bits per heavy atom. The first kappa shape index (κ1) is 14.4. The zero-order chi connectivity index (χ0) is 13.5. The molecule has 0 aliphatic heterocycles. The van der Waals surface area contributed by atoms with Gasteiger partial charge in [-0.2, -0.15) is 0 Å². The second kappa shape index (κ2) is 6.90. The molecule has 0 bridgehead atoms. The van der Waals surface area contributed by atoms with Crippen molar-refractivity contribution in [1.82, 2.24) is 14.9 Å². The molecule has 6 nitrogen and oxygen atoms in total. The number of nitrogens with zero attached hydrogens (tertiary/aromatic N) is 2. The fourth-order valence-electron chi connectivity index (χ4n) is 1.62. The van der Waals surface area contributed by atoms with Crippen molar-refractivity contribution in [2.75, 3.05) is 26.7 Å². The molecule has 0 fully saturated rings. The van der Waals surface area contributed by atoms with Crippen LogP contribution in [0.15, 0.2) is 11.0 Å². The van der Waals surface area contributed by atoms with Crippen molar-refractivity contribution >= 4 is 5.97 Å². The number of ether oxygens (including phenoxy) is 1. The van der Waals surface area contributed by atoms with E-state index in [2.05, 4.69) is 33.5 Å². The second-order valence-corrected chi connectivity index (χ2v) is 3.84. The number of rotatable bonds is 6. The summed E-state index contributed by atoms with van der Waals surface area (Å²) in [6, 6.07) is 0. The van der Waals surface area contributed by atoms with Gasteiger partial charge in [-0.25, -0.2) is 9.78 Å². The molecule has 0 unspecified atom stereocenters. The van der Waals surface area contributed by atoms with Gasteiger partial charge in [0, 0.05) is 19.2 Å². The molecule has 6 heteroatoms. The number of methoxy groups -OCH3 is 1. The predicted octanol–water partition coefficient (Wildman–Crippen LogP) is 0.441. The lowest BCUT2D eigenvalue weighted by molar-refractivity contribution is 0.0598. The summed E-state index contributed by atoms with van der Waals surface area (Å²) in [5.41, 5.74) is -0.518. The molecule has 100 valence electrons. The van der Waals surface area contributed by atoms with Crippen LogP contribution in [0.4, 0.5) is 0 Å². The highest BCUT2D eigenvalue weighted by Gasteiger charge is 2.12. The third kappa shape index (κ3) is 3.66. The zero-order valence-electron chi connectivity index (χ0n) is 11.0. The first-order chi connectivity index (χ1) is 8.62. The number of aromatic amines is 1. The predicted molar refractivity (Wildman–Crippen MR) is 67.7 cm³/mol. The van der Waals surface area contributed by atoms with Crippen LogP contribution >= 0.6 is 0 Å². The Balaban J connectivity index is 2.73. The number of carbonyl (C=O) groups is 1. The molecule has 1 N–H and O–H groups in total. The summed E-state index contributed by atoms with van der Waals surface area (Å²) >= 11 is 0. The molecule has 0 aromatic carbocycles. The van der Waals surface area contributed by atoms with Gasteiger partial charge in [0.2, 0.25) is 0 Å². The lowest BCUT2D eigenvalue weighted by Crippen LogP contribution is -2.27. The van der Waals surface area contributed by atoms with Gasteiger partial charge in [-0.1, -0.05) is 13.8 Å². The van der Waals surface area contributed by atoms with E-state index in [1.807, 2.05) is 0 Å². The van der Waals surface area contributed by atoms with E-state index in [0.29, 0.717) is 12.2 Å². The van der Waals surface area contributed by atoms with E-state index >= 15 is 0 Å². The van der Waals surface area contributed by atoms with Crippen LogP contribution in [-0.4, -0.2) is 47.6 Å². The van der Waals surface area contributed by atoms with Gasteiger partial charge < -0.3 is 14.6 Å². The van der Waals surface area contributed by atoms with Crippen molar-refractivity contribution in [2.24, 2.45) is 0 Å². The molecule has 0 spiro atoms. The van der Waals surface area contributed by atoms with E-state index in [1.165, 1.54) is 13.3 Å². The van der Waals surface area contributed by atoms with Crippen LogP contribution in [0.5, 0.6) is 0 Å². The third-order valence-corrected chi connectivity index (χ3v) is 2.82. The molecule has 1 aromatic rings. The fourth-order valence-corrected chi connectivity index (χ4v) is 1.62. The summed E-state index contributed by atoms with van der Waals surface area (Å²) in [4.78, 5) is 31.7. The van der Waals surface area contributed by atoms with E-state index in [1.54, 1.807) is 0 Å². The normalized spacial score (nSPS) is 10.7. The highest BCUT2D eigenvalue weighted by Crippen LogP contribution is 1.96. The third-order valence-electron chi connectivity index (χ3n) is 2.82. The van der Waals surface area contributed by atoms with Crippen molar-refractivity contribution in [3.8, 4) is 0 Å². The van der Waals surface area contributed by atoms with E-state index < -0.39 is 11.5 Å². The molecular weight excluding hydrogens is 234 g/mol. The molecular formula is C12H19N3O3. The van der Waals surface area contributed by atoms with Crippen molar-refractivity contribution < 1.29 is 9.53 Å². The fraction of sp³-hybridized carbons (Fsp3) is 0.583. The van der Waals surface area contributed by atoms with Crippen LogP contribution in [0.3, 0.4) is 0 Å². The van der Waals surface area contributed by atoms with Gasteiger partial charge in [0.25, 0.3) is 5.56 Å². The minimum Gasteiger partial charge on any atom is -0.465 e. The maximum Gasteiger partial charge on any atom is 0.345 e. The van der Waals surface area contributed by atoms with E-state index in [9.17, 15) is 9.59 Å². The molecule has 1 rings (SSSR count). The number of H-pyrrole nitrogens is 1. The van der Waals surface area contributed by atoms with Crippen LogP contribution < -0.4 is 5.56 Å². The summed E-state index contributed by atoms with van der Waals surface area (Å²) in [5.74, 6) is -0.0846. The van der Waals surface area contributed by atoms with Crippen LogP contribution in [0.1, 0.15) is 30.0 Å². The number of aromatic nitrogens is 2. The first-order valence-electron chi connectivity index (χ1n) is 6.01. The van der Waals surface area contributed by atoms with Crippen molar-refractivity contribution in [3.63, 3.8) is 0 Å². The van der Waals surface area contributed by atoms with Gasteiger partial charge in [-0.3, -0.25) is 4.79 Å². The highest BCUT2D eigenvalue weighted by molar-refractivity contribution is 5.88. The topological polar surface area (TPSA) is 75.3 Å². The molecule has 0 saturated carbocycles.